The van der Waals surface area contributed by atoms with Crippen LogP contribution in [0, 0.1) is 17.1 Å². The molecule has 7 nitrogen and oxygen atoms in total. The van der Waals surface area contributed by atoms with Crippen molar-refractivity contribution in [2.24, 2.45) is 4.99 Å². The molecule has 0 aliphatic carbocycles. The normalized spacial score (nSPS) is 22.2. The van der Waals surface area contributed by atoms with Crippen LogP contribution in [0.2, 0.25) is 5.02 Å². The minimum atomic E-state index is -2.85. The average molecular weight is 505 g/mol. The predicted octanol–water partition coefficient (Wildman–Crippen LogP) is 4.79. The van der Waals surface area contributed by atoms with Crippen molar-refractivity contribution in [3.8, 4) is 6.07 Å². The minimum Gasteiger partial charge on any atom is -0.387 e. The van der Waals surface area contributed by atoms with Gasteiger partial charge in [-0.05, 0) is 18.2 Å². The summed E-state index contributed by atoms with van der Waals surface area (Å²) in [5, 5.41) is 26.9. The molecule has 1 fully saturated rings. The van der Waals surface area contributed by atoms with E-state index in [-0.39, 0.29) is 30.1 Å². The summed E-state index contributed by atoms with van der Waals surface area (Å²) in [5.74, 6) is -0.0861. The highest BCUT2D eigenvalue weighted by atomic mass is 35.5. The topological polar surface area (TPSA) is 90.3 Å². The number of aliphatic hydroxyl groups is 1. The van der Waals surface area contributed by atoms with Crippen LogP contribution in [0.3, 0.4) is 0 Å². The lowest BCUT2D eigenvalue weighted by molar-refractivity contribution is 0.0564. The molecule has 2 aliphatic rings. The quantitative estimate of drug-likeness (QED) is 0.539. The van der Waals surface area contributed by atoms with Crippen LogP contribution in [0.15, 0.2) is 52.7 Å². The summed E-state index contributed by atoms with van der Waals surface area (Å²) in [4.78, 5) is 11.0. The number of aromatic nitrogens is 3. The van der Waals surface area contributed by atoms with E-state index in [4.69, 9.17) is 16.6 Å². The number of thiazole rings is 1. The second kappa shape index (κ2) is 8.54. The van der Waals surface area contributed by atoms with Crippen LogP contribution >= 0.6 is 22.9 Å². The monoisotopic (exact) mass is 504 g/mol. The van der Waals surface area contributed by atoms with E-state index in [0.29, 0.717) is 32.4 Å². The van der Waals surface area contributed by atoms with E-state index in [9.17, 15) is 23.5 Å². The zero-order valence-electron chi connectivity index (χ0n) is 17.4. The second-order valence-corrected chi connectivity index (χ2v) is 9.30. The molecule has 5 rings (SSSR count). The molecule has 3 aromatic rings. The van der Waals surface area contributed by atoms with Crippen molar-refractivity contribution in [3.05, 3.63) is 74.8 Å². The number of rotatable bonds is 5. The zero-order chi connectivity index (χ0) is 24.0. The Morgan fingerprint density at radius 3 is 2.82 bits per heavy atom. The molecule has 0 radical (unpaired) electrons. The summed E-state index contributed by atoms with van der Waals surface area (Å²) in [5.41, 5.74) is 0.292. The fraction of sp³-hybridized carbons (Fsp3) is 0.273. The molecule has 1 aromatic carbocycles. The van der Waals surface area contributed by atoms with Crippen molar-refractivity contribution in [1.82, 2.24) is 19.7 Å². The fourth-order valence-corrected chi connectivity index (χ4v) is 5.22. The average Bonchev–Trinajstić information content (AvgIpc) is 3.53. The van der Waals surface area contributed by atoms with Crippen LogP contribution in [-0.2, 0) is 0 Å². The van der Waals surface area contributed by atoms with Gasteiger partial charge in [0, 0.05) is 46.1 Å². The lowest BCUT2D eigenvalue weighted by Crippen LogP contribution is -2.37. The molecule has 174 valence electrons. The van der Waals surface area contributed by atoms with Crippen molar-refractivity contribution in [2.75, 3.05) is 6.54 Å². The highest BCUT2D eigenvalue weighted by molar-refractivity contribution is 7.11. The summed E-state index contributed by atoms with van der Waals surface area (Å²) in [7, 11) is 0. The highest BCUT2D eigenvalue weighted by Gasteiger charge is 2.47. The van der Waals surface area contributed by atoms with E-state index in [1.807, 2.05) is 6.07 Å². The fourth-order valence-electron chi connectivity index (χ4n) is 4.31. The van der Waals surface area contributed by atoms with Crippen LogP contribution in [0.5, 0.6) is 0 Å². The number of amidine groups is 1. The maximum absolute atomic E-state index is 13.8. The molecular formula is C22H16ClF3N6OS. The Morgan fingerprint density at radius 1 is 1.35 bits per heavy atom. The number of benzene rings is 1. The van der Waals surface area contributed by atoms with Gasteiger partial charge >= 0.3 is 6.55 Å². The maximum Gasteiger partial charge on any atom is 0.333 e. The van der Waals surface area contributed by atoms with Gasteiger partial charge in [-0.1, -0.05) is 17.7 Å². The molecule has 34 heavy (non-hydrogen) atoms. The van der Waals surface area contributed by atoms with E-state index in [2.05, 4.69) is 10.1 Å². The van der Waals surface area contributed by atoms with Crippen molar-refractivity contribution >= 4 is 34.3 Å². The number of nitrogens with zero attached hydrogens (tertiary/aromatic N) is 6. The van der Waals surface area contributed by atoms with Crippen molar-refractivity contribution < 1.29 is 18.3 Å². The predicted molar refractivity (Wildman–Crippen MR) is 120 cm³/mol. The van der Waals surface area contributed by atoms with E-state index in [0.717, 1.165) is 12.3 Å². The van der Waals surface area contributed by atoms with Gasteiger partial charge in [0.05, 0.1) is 24.7 Å². The maximum atomic E-state index is 13.8. The van der Waals surface area contributed by atoms with Crippen LogP contribution in [0.4, 0.5) is 13.2 Å². The summed E-state index contributed by atoms with van der Waals surface area (Å²) in [6.45, 7) is -2.78. The third kappa shape index (κ3) is 3.87. The summed E-state index contributed by atoms with van der Waals surface area (Å²) in [6, 6.07) is 6.50. The molecule has 1 saturated heterocycles. The first-order valence-corrected chi connectivity index (χ1v) is 11.4. The standard InChI is InChI=1S/C22H16ClF3N6OS/c23-14-9-12(24)1-2-13(14)18-17(15-3-7-32(30-15)21(25)26)16-10-22(33,4-5-27)11-31(16)19(29-18)20-28-6-8-34-20/h1-3,6-9,18,21,33H,4,10-11H2/t18-,22?/m0/s1. The SMILES string of the molecule is N#CCC1(O)CC2=C(c3ccn(C(F)F)n3)[C@H](c3ccc(F)cc3Cl)N=C(c3nccs3)N2C1. The molecule has 1 unspecified atom stereocenters. The van der Waals surface area contributed by atoms with E-state index >= 15 is 0 Å². The molecule has 4 heterocycles. The van der Waals surface area contributed by atoms with Crippen LogP contribution < -0.4 is 0 Å². The Labute approximate surface area is 201 Å². The van der Waals surface area contributed by atoms with Gasteiger partial charge < -0.3 is 10.0 Å². The second-order valence-electron chi connectivity index (χ2n) is 8.00. The van der Waals surface area contributed by atoms with Gasteiger partial charge in [0.2, 0.25) is 0 Å². The van der Waals surface area contributed by atoms with E-state index in [1.54, 1.807) is 16.5 Å². The highest BCUT2D eigenvalue weighted by Crippen LogP contribution is 2.48. The van der Waals surface area contributed by atoms with Gasteiger partial charge in [-0.25, -0.2) is 14.1 Å². The Bertz CT molecular complexity index is 1350. The first kappa shape index (κ1) is 22.6. The van der Waals surface area contributed by atoms with Gasteiger partial charge in [0.1, 0.15) is 17.5 Å². The van der Waals surface area contributed by atoms with Crippen molar-refractivity contribution in [1.29, 1.82) is 5.26 Å². The first-order chi connectivity index (χ1) is 16.3. The molecule has 2 aromatic heterocycles. The Hall–Kier alpha value is -3.20. The van der Waals surface area contributed by atoms with Gasteiger partial charge in [-0.2, -0.15) is 19.1 Å². The molecule has 0 bridgehead atoms. The Morgan fingerprint density at radius 2 is 2.18 bits per heavy atom. The Balaban J connectivity index is 1.76. The molecule has 2 aliphatic heterocycles. The van der Waals surface area contributed by atoms with Crippen LogP contribution in [0.1, 0.15) is 41.7 Å². The zero-order valence-corrected chi connectivity index (χ0v) is 18.9. The molecule has 1 N–H and O–H groups in total. The number of fused-ring (bicyclic) bond motifs is 1. The lowest BCUT2D eigenvalue weighted by atomic mass is 9.90. The number of alkyl halides is 2. The number of aliphatic imine (C=N–C) groups is 1. The number of hydrogen-bond acceptors (Lipinski definition) is 7. The lowest BCUT2D eigenvalue weighted by Gasteiger charge is -2.32. The third-order valence-electron chi connectivity index (χ3n) is 5.74. The largest absolute Gasteiger partial charge is 0.387 e. The number of nitriles is 1. The van der Waals surface area contributed by atoms with Crippen molar-refractivity contribution in [3.63, 3.8) is 0 Å². The third-order valence-corrected chi connectivity index (χ3v) is 6.84. The summed E-state index contributed by atoms with van der Waals surface area (Å²) < 4.78 is 41.0. The van der Waals surface area contributed by atoms with Gasteiger partial charge in [-0.15, -0.1) is 11.3 Å². The molecule has 0 spiro atoms. The van der Waals surface area contributed by atoms with E-state index < -0.39 is 24.0 Å². The van der Waals surface area contributed by atoms with Crippen molar-refractivity contribution in [2.45, 2.75) is 31.0 Å². The molecule has 12 heteroatoms. The number of halogens is 4. The first-order valence-electron chi connectivity index (χ1n) is 10.2. The summed E-state index contributed by atoms with van der Waals surface area (Å²) >= 11 is 7.73. The molecule has 0 amide bonds. The molecule has 0 saturated carbocycles. The van der Waals surface area contributed by atoms with Crippen LogP contribution in [-0.4, -0.2) is 42.8 Å². The summed E-state index contributed by atoms with van der Waals surface area (Å²) in [6.07, 6.45) is 2.69. The minimum absolute atomic E-state index is 0.0666. The Kier molecular flexibility index (Phi) is 5.67. The molecular weight excluding hydrogens is 489 g/mol. The van der Waals surface area contributed by atoms with Gasteiger partial charge in [-0.3, -0.25) is 4.99 Å². The van der Waals surface area contributed by atoms with Crippen LogP contribution in [0.25, 0.3) is 5.57 Å². The van der Waals surface area contributed by atoms with E-state index in [1.165, 1.54) is 29.5 Å². The number of hydrogen-bond donors (Lipinski definition) is 1. The van der Waals surface area contributed by atoms with Gasteiger partial charge in [0.15, 0.2) is 10.8 Å². The molecule has 2 atom stereocenters. The van der Waals surface area contributed by atoms with Gasteiger partial charge in [0.25, 0.3) is 0 Å². The smallest absolute Gasteiger partial charge is 0.333 e.